The Morgan fingerprint density at radius 3 is 2.79 bits per heavy atom. The van der Waals surface area contributed by atoms with Gasteiger partial charge in [-0.15, -0.1) is 0 Å². The molecule has 0 saturated heterocycles. The SMILES string of the molecule is CCOC(=O)c1cc2ccccc2n1S(=O)(=O)C1=CC(C)CC=C1. The molecule has 0 radical (unpaired) electrons. The topological polar surface area (TPSA) is 65.4 Å². The van der Waals surface area contributed by atoms with Gasteiger partial charge in [0.2, 0.25) is 0 Å². The Labute approximate surface area is 141 Å². The molecule has 24 heavy (non-hydrogen) atoms. The molecule has 126 valence electrons. The molecule has 0 aliphatic heterocycles. The second kappa shape index (κ2) is 6.28. The van der Waals surface area contributed by atoms with E-state index in [2.05, 4.69) is 0 Å². The minimum Gasteiger partial charge on any atom is -0.461 e. The lowest BCUT2D eigenvalue weighted by Crippen LogP contribution is -2.21. The van der Waals surface area contributed by atoms with Crippen molar-refractivity contribution >= 4 is 26.9 Å². The number of esters is 1. The minimum absolute atomic E-state index is 0.0191. The number of hydrogen-bond acceptors (Lipinski definition) is 4. The Bertz CT molecular complexity index is 951. The number of allylic oxidation sites excluding steroid dienone is 3. The van der Waals surface area contributed by atoms with Crippen LogP contribution in [0.25, 0.3) is 10.9 Å². The Hall–Kier alpha value is -2.34. The second-order valence-electron chi connectivity index (χ2n) is 5.76. The molecule has 1 atom stereocenters. The van der Waals surface area contributed by atoms with E-state index >= 15 is 0 Å². The van der Waals surface area contributed by atoms with Crippen LogP contribution < -0.4 is 0 Å². The van der Waals surface area contributed by atoms with Gasteiger partial charge in [-0.05, 0) is 37.5 Å². The van der Waals surface area contributed by atoms with Gasteiger partial charge in [0.15, 0.2) is 0 Å². The number of fused-ring (bicyclic) bond motifs is 1. The van der Waals surface area contributed by atoms with Gasteiger partial charge in [-0.3, -0.25) is 0 Å². The summed E-state index contributed by atoms with van der Waals surface area (Å²) in [5.41, 5.74) is 0.485. The lowest BCUT2D eigenvalue weighted by atomic mass is 10.0. The highest BCUT2D eigenvalue weighted by Gasteiger charge is 2.28. The third-order valence-electron chi connectivity index (χ3n) is 3.93. The number of para-hydroxylation sites is 1. The van der Waals surface area contributed by atoms with E-state index in [1.165, 1.54) is 0 Å². The van der Waals surface area contributed by atoms with Crippen molar-refractivity contribution in [3.63, 3.8) is 0 Å². The summed E-state index contributed by atoms with van der Waals surface area (Å²) in [6, 6.07) is 8.57. The molecule has 0 saturated carbocycles. The van der Waals surface area contributed by atoms with Gasteiger partial charge in [0.25, 0.3) is 10.0 Å². The molecule has 0 spiro atoms. The number of aromatic nitrogens is 1. The first-order valence-corrected chi connectivity index (χ1v) is 9.30. The second-order valence-corrected chi connectivity index (χ2v) is 7.55. The summed E-state index contributed by atoms with van der Waals surface area (Å²) in [6.07, 6.45) is 5.96. The monoisotopic (exact) mass is 345 g/mol. The Morgan fingerprint density at radius 1 is 1.33 bits per heavy atom. The average Bonchev–Trinajstić information content (AvgIpc) is 2.95. The molecule has 1 heterocycles. The van der Waals surface area contributed by atoms with Crippen molar-refractivity contribution in [2.24, 2.45) is 5.92 Å². The highest BCUT2D eigenvalue weighted by Crippen LogP contribution is 2.28. The molecule has 0 N–H and O–H groups in total. The number of hydrogen-bond donors (Lipinski definition) is 0. The molecule has 6 heteroatoms. The first-order chi connectivity index (χ1) is 11.4. The van der Waals surface area contributed by atoms with E-state index in [0.717, 1.165) is 10.4 Å². The molecule has 1 aromatic heterocycles. The van der Waals surface area contributed by atoms with Crippen molar-refractivity contribution in [1.82, 2.24) is 3.97 Å². The maximum Gasteiger partial charge on any atom is 0.356 e. The molecule has 1 unspecified atom stereocenters. The molecular formula is C18H19NO4S. The van der Waals surface area contributed by atoms with Crippen LogP contribution in [0.2, 0.25) is 0 Å². The largest absolute Gasteiger partial charge is 0.461 e. The summed E-state index contributed by atoms with van der Waals surface area (Å²) in [6.45, 7) is 3.83. The predicted molar refractivity (Wildman–Crippen MR) is 93.2 cm³/mol. The van der Waals surface area contributed by atoms with Crippen molar-refractivity contribution in [1.29, 1.82) is 0 Å². The molecule has 0 fully saturated rings. The molecule has 2 aromatic rings. The number of carbonyl (C=O) groups is 1. The van der Waals surface area contributed by atoms with Crippen LogP contribution in [0.15, 0.2) is 53.5 Å². The third kappa shape index (κ3) is 2.78. The molecule has 0 amide bonds. The first-order valence-electron chi connectivity index (χ1n) is 7.86. The van der Waals surface area contributed by atoms with Crippen molar-refractivity contribution < 1.29 is 17.9 Å². The maximum atomic E-state index is 13.2. The molecule has 0 bridgehead atoms. The molecule has 1 aliphatic rings. The lowest BCUT2D eigenvalue weighted by molar-refractivity contribution is 0.0518. The number of rotatable bonds is 4. The van der Waals surface area contributed by atoms with Gasteiger partial charge in [0.1, 0.15) is 5.69 Å². The fraction of sp³-hybridized carbons (Fsp3) is 0.278. The summed E-state index contributed by atoms with van der Waals surface area (Å²) >= 11 is 0. The van der Waals surface area contributed by atoms with Crippen molar-refractivity contribution in [2.45, 2.75) is 20.3 Å². The van der Waals surface area contributed by atoms with E-state index < -0.39 is 16.0 Å². The Kier molecular flexibility index (Phi) is 4.32. The van der Waals surface area contributed by atoms with Gasteiger partial charge in [-0.2, -0.15) is 0 Å². The third-order valence-corrected chi connectivity index (χ3v) is 5.67. The minimum atomic E-state index is -3.88. The maximum absolute atomic E-state index is 13.2. The average molecular weight is 345 g/mol. The predicted octanol–water partition coefficient (Wildman–Crippen LogP) is 3.48. The molecule has 1 aromatic carbocycles. The highest BCUT2D eigenvalue weighted by molar-refractivity contribution is 7.94. The highest BCUT2D eigenvalue weighted by atomic mass is 32.2. The summed E-state index contributed by atoms with van der Waals surface area (Å²) < 4.78 is 32.5. The van der Waals surface area contributed by atoms with Gasteiger partial charge < -0.3 is 4.74 Å². The van der Waals surface area contributed by atoms with Crippen molar-refractivity contribution in [3.8, 4) is 0 Å². The van der Waals surface area contributed by atoms with E-state index in [4.69, 9.17) is 4.74 Å². The van der Waals surface area contributed by atoms with E-state index in [0.29, 0.717) is 10.9 Å². The summed E-state index contributed by atoms with van der Waals surface area (Å²) in [7, 11) is -3.88. The van der Waals surface area contributed by atoms with Gasteiger partial charge in [-0.1, -0.05) is 37.3 Å². The summed E-state index contributed by atoms with van der Waals surface area (Å²) in [5, 5.41) is 0.678. The Morgan fingerprint density at radius 2 is 2.08 bits per heavy atom. The quantitative estimate of drug-likeness (QED) is 0.796. The molecule has 1 aliphatic carbocycles. The van der Waals surface area contributed by atoms with Crippen LogP contribution in [-0.2, 0) is 14.8 Å². The standard InChI is InChI=1S/C18H19NO4S/c1-3-23-18(20)17-12-14-8-4-5-10-16(14)19(17)24(21,22)15-9-6-7-13(2)11-15/h4-6,8-13H,3,7H2,1-2H3. The van der Waals surface area contributed by atoms with E-state index in [1.807, 2.05) is 13.0 Å². The number of carbonyl (C=O) groups excluding carboxylic acids is 1. The van der Waals surface area contributed by atoms with Crippen LogP contribution in [0.4, 0.5) is 0 Å². The van der Waals surface area contributed by atoms with Crippen molar-refractivity contribution in [2.75, 3.05) is 6.61 Å². The molecular weight excluding hydrogens is 326 g/mol. The number of ether oxygens (including phenoxy) is 1. The zero-order valence-electron chi connectivity index (χ0n) is 13.6. The fourth-order valence-corrected chi connectivity index (χ4v) is 4.51. The zero-order valence-corrected chi connectivity index (χ0v) is 14.4. The van der Waals surface area contributed by atoms with Crippen LogP contribution in [0.3, 0.4) is 0 Å². The van der Waals surface area contributed by atoms with Crippen LogP contribution in [0, 0.1) is 5.92 Å². The van der Waals surface area contributed by atoms with Gasteiger partial charge >= 0.3 is 5.97 Å². The van der Waals surface area contributed by atoms with E-state index in [1.54, 1.807) is 49.4 Å². The summed E-state index contributed by atoms with van der Waals surface area (Å²) in [5.74, 6) is -0.515. The smallest absolute Gasteiger partial charge is 0.356 e. The Balaban J connectivity index is 2.26. The number of nitrogens with zero attached hydrogens (tertiary/aromatic N) is 1. The zero-order chi connectivity index (χ0) is 17.3. The molecule has 3 rings (SSSR count). The van der Waals surface area contributed by atoms with Crippen LogP contribution in [-0.4, -0.2) is 25.0 Å². The van der Waals surface area contributed by atoms with Gasteiger partial charge in [-0.25, -0.2) is 17.2 Å². The molecule has 5 nitrogen and oxygen atoms in total. The van der Waals surface area contributed by atoms with Gasteiger partial charge in [0.05, 0.1) is 17.0 Å². The number of benzene rings is 1. The van der Waals surface area contributed by atoms with Crippen LogP contribution >= 0.6 is 0 Å². The van der Waals surface area contributed by atoms with Crippen LogP contribution in [0.1, 0.15) is 30.8 Å². The lowest BCUT2D eigenvalue weighted by Gasteiger charge is -2.16. The van der Waals surface area contributed by atoms with Gasteiger partial charge in [0, 0.05) is 5.39 Å². The van der Waals surface area contributed by atoms with Crippen molar-refractivity contribution in [3.05, 3.63) is 59.2 Å². The van der Waals surface area contributed by atoms with E-state index in [9.17, 15) is 13.2 Å². The van der Waals surface area contributed by atoms with Crippen LogP contribution in [0.5, 0.6) is 0 Å². The normalized spacial score (nSPS) is 17.8. The fourth-order valence-electron chi connectivity index (χ4n) is 2.82. The summed E-state index contributed by atoms with van der Waals surface area (Å²) in [4.78, 5) is 12.5. The van der Waals surface area contributed by atoms with E-state index in [-0.39, 0.29) is 23.1 Å². The first kappa shape index (κ1) is 16.5.